The van der Waals surface area contributed by atoms with Gasteiger partial charge >= 0.3 is 0 Å². The van der Waals surface area contributed by atoms with E-state index in [2.05, 4.69) is 0 Å². The number of nitrogens with zero attached hydrogens (tertiary/aromatic N) is 4. The Kier molecular flexibility index (Phi) is 2.97. The Hall–Kier alpha value is -2.00. The number of nitro groups is 3. The van der Waals surface area contributed by atoms with Crippen LogP contribution in [0.5, 0.6) is 0 Å². The molecular weight excluding hydrogens is 212 g/mol. The third-order valence-electron chi connectivity index (χ3n) is 2.21. The topological polar surface area (TPSA) is 133 Å². The maximum Gasteiger partial charge on any atom is 0.242 e. The van der Waals surface area contributed by atoms with Crippen molar-refractivity contribution in [3.63, 3.8) is 0 Å². The van der Waals surface area contributed by atoms with Crippen molar-refractivity contribution >= 4 is 0 Å². The molecule has 0 bridgehead atoms. The van der Waals surface area contributed by atoms with Gasteiger partial charge in [0.25, 0.3) is 0 Å². The molecular formula is C5H8N4O6. The summed E-state index contributed by atoms with van der Waals surface area (Å²) >= 11 is 0. The zero-order valence-corrected chi connectivity index (χ0v) is 7.51. The first-order chi connectivity index (χ1) is 6.91. The van der Waals surface area contributed by atoms with Crippen molar-refractivity contribution in [1.29, 1.82) is 0 Å². The van der Waals surface area contributed by atoms with E-state index in [-0.39, 0.29) is 19.5 Å². The van der Waals surface area contributed by atoms with Gasteiger partial charge in [-0.1, -0.05) is 0 Å². The van der Waals surface area contributed by atoms with Gasteiger partial charge in [-0.2, -0.15) is 0 Å². The predicted molar refractivity (Wildman–Crippen MR) is 44.7 cm³/mol. The summed E-state index contributed by atoms with van der Waals surface area (Å²) in [6, 6.07) is -2.50. The second kappa shape index (κ2) is 4.02. The van der Waals surface area contributed by atoms with E-state index in [9.17, 15) is 30.3 Å². The van der Waals surface area contributed by atoms with Crippen LogP contribution in [0.1, 0.15) is 6.42 Å². The Balaban J connectivity index is 2.77. The van der Waals surface area contributed by atoms with Crippen molar-refractivity contribution < 1.29 is 14.9 Å². The Morgan fingerprint density at radius 1 is 0.933 bits per heavy atom. The van der Waals surface area contributed by atoms with Crippen molar-refractivity contribution in [2.75, 3.05) is 13.1 Å². The van der Waals surface area contributed by atoms with E-state index in [1.54, 1.807) is 0 Å². The SMILES string of the molecule is O=[N+]([O-])C1CC([N+](=O)[O-])CN([N+](=O)[O-])C1. The molecule has 1 heterocycles. The molecule has 10 nitrogen and oxygen atoms in total. The van der Waals surface area contributed by atoms with Gasteiger partial charge in [0.05, 0.1) is 6.42 Å². The van der Waals surface area contributed by atoms with E-state index in [0.717, 1.165) is 0 Å². The zero-order chi connectivity index (χ0) is 11.6. The molecule has 0 N–H and O–H groups in total. The minimum Gasteiger partial charge on any atom is -0.264 e. The van der Waals surface area contributed by atoms with E-state index in [0.29, 0.717) is 5.01 Å². The van der Waals surface area contributed by atoms with Crippen LogP contribution < -0.4 is 0 Å². The molecule has 0 aromatic rings. The molecule has 1 fully saturated rings. The van der Waals surface area contributed by atoms with Crippen molar-refractivity contribution in [3.8, 4) is 0 Å². The van der Waals surface area contributed by atoms with Gasteiger partial charge in [-0.25, -0.2) is 10.1 Å². The van der Waals surface area contributed by atoms with E-state index >= 15 is 0 Å². The highest BCUT2D eigenvalue weighted by atomic mass is 16.7. The van der Waals surface area contributed by atoms with E-state index < -0.39 is 27.0 Å². The molecule has 1 saturated heterocycles. The van der Waals surface area contributed by atoms with Gasteiger partial charge in [-0.15, -0.1) is 5.01 Å². The molecule has 84 valence electrons. The summed E-state index contributed by atoms with van der Waals surface area (Å²) in [4.78, 5) is 29.8. The lowest BCUT2D eigenvalue weighted by Gasteiger charge is -2.23. The highest BCUT2D eigenvalue weighted by molar-refractivity contribution is 4.75. The maximum absolute atomic E-state index is 10.4. The first-order valence-corrected chi connectivity index (χ1v) is 4.08. The summed E-state index contributed by atoms with van der Waals surface area (Å²) in [5, 5.41) is 30.9. The Morgan fingerprint density at radius 3 is 1.60 bits per heavy atom. The van der Waals surface area contributed by atoms with Crippen LogP contribution in [-0.2, 0) is 0 Å². The van der Waals surface area contributed by atoms with Gasteiger partial charge in [0.1, 0.15) is 13.1 Å². The normalized spacial score (nSPS) is 26.0. The molecule has 2 unspecified atom stereocenters. The van der Waals surface area contributed by atoms with Crippen molar-refractivity contribution in [2.24, 2.45) is 0 Å². The molecule has 10 heteroatoms. The molecule has 1 aliphatic heterocycles. The lowest BCUT2D eigenvalue weighted by molar-refractivity contribution is -0.687. The van der Waals surface area contributed by atoms with E-state index in [4.69, 9.17) is 0 Å². The molecule has 0 radical (unpaired) electrons. The number of rotatable bonds is 3. The molecule has 0 spiro atoms. The van der Waals surface area contributed by atoms with Crippen LogP contribution in [-0.4, -0.2) is 45.1 Å². The number of piperidine rings is 1. The van der Waals surface area contributed by atoms with Crippen LogP contribution in [0.2, 0.25) is 0 Å². The van der Waals surface area contributed by atoms with Crippen LogP contribution in [0.4, 0.5) is 0 Å². The van der Waals surface area contributed by atoms with Gasteiger partial charge in [0.2, 0.25) is 12.1 Å². The highest BCUT2D eigenvalue weighted by Gasteiger charge is 2.44. The molecule has 1 rings (SSSR count). The molecule has 0 saturated carbocycles. The fourth-order valence-electron chi connectivity index (χ4n) is 1.46. The van der Waals surface area contributed by atoms with Crippen LogP contribution in [0, 0.1) is 30.3 Å². The minimum atomic E-state index is -1.25. The van der Waals surface area contributed by atoms with Crippen LogP contribution >= 0.6 is 0 Å². The highest BCUT2D eigenvalue weighted by Crippen LogP contribution is 2.15. The van der Waals surface area contributed by atoms with Gasteiger partial charge < -0.3 is 0 Å². The second-order valence-electron chi connectivity index (χ2n) is 3.22. The van der Waals surface area contributed by atoms with Gasteiger partial charge in [0, 0.05) is 9.85 Å². The third kappa shape index (κ3) is 2.48. The molecule has 15 heavy (non-hydrogen) atoms. The van der Waals surface area contributed by atoms with Crippen LogP contribution in [0.15, 0.2) is 0 Å². The lowest BCUT2D eigenvalue weighted by atomic mass is 10.0. The molecule has 2 atom stereocenters. The summed E-state index contributed by atoms with van der Waals surface area (Å²) in [6.45, 7) is -0.769. The third-order valence-corrected chi connectivity index (χ3v) is 2.21. The van der Waals surface area contributed by atoms with Crippen LogP contribution in [0.25, 0.3) is 0 Å². The number of hydrogen-bond acceptors (Lipinski definition) is 6. The van der Waals surface area contributed by atoms with Crippen LogP contribution in [0.3, 0.4) is 0 Å². The fourth-order valence-corrected chi connectivity index (χ4v) is 1.46. The predicted octanol–water partition coefficient (Wildman–Crippen LogP) is -0.826. The summed E-state index contributed by atoms with van der Waals surface area (Å²) in [5.74, 6) is 0. The first-order valence-electron chi connectivity index (χ1n) is 4.08. The number of hydrazine groups is 1. The van der Waals surface area contributed by atoms with Gasteiger partial charge in [-0.05, 0) is 0 Å². The Morgan fingerprint density at radius 2 is 1.33 bits per heavy atom. The molecule has 0 amide bonds. The first kappa shape index (κ1) is 11.1. The number of hydrogen-bond donors (Lipinski definition) is 0. The summed E-state index contributed by atoms with van der Waals surface area (Å²) in [7, 11) is 0. The smallest absolute Gasteiger partial charge is 0.242 e. The lowest BCUT2D eigenvalue weighted by Crippen LogP contribution is -2.52. The molecule has 0 aromatic heterocycles. The zero-order valence-electron chi connectivity index (χ0n) is 7.51. The fraction of sp³-hybridized carbons (Fsp3) is 1.00. The van der Waals surface area contributed by atoms with Crippen molar-refractivity contribution in [1.82, 2.24) is 5.01 Å². The second-order valence-corrected chi connectivity index (χ2v) is 3.22. The van der Waals surface area contributed by atoms with Crippen molar-refractivity contribution in [3.05, 3.63) is 30.3 Å². The monoisotopic (exact) mass is 220 g/mol. The van der Waals surface area contributed by atoms with E-state index in [1.165, 1.54) is 0 Å². The molecule has 1 aliphatic rings. The maximum atomic E-state index is 10.4. The Labute approximate surface area is 82.9 Å². The molecule has 0 aromatic carbocycles. The Bertz CT molecular complexity index is 252. The minimum absolute atomic E-state index is 0.260. The van der Waals surface area contributed by atoms with Gasteiger partial charge in [0.15, 0.2) is 5.03 Å². The molecule has 0 aliphatic carbocycles. The average molecular weight is 220 g/mol. The summed E-state index contributed by atoms with van der Waals surface area (Å²) in [6.07, 6.45) is -0.260. The summed E-state index contributed by atoms with van der Waals surface area (Å²) < 4.78 is 0. The summed E-state index contributed by atoms with van der Waals surface area (Å²) in [5.41, 5.74) is 0. The van der Waals surface area contributed by atoms with E-state index in [1.807, 2.05) is 0 Å². The quantitative estimate of drug-likeness (QED) is 0.447. The largest absolute Gasteiger partial charge is 0.264 e. The standard InChI is InChI=1S/C5H8N4O6/c10-7(11)4-1-5(8(12)13)3-6(2-4)9(14)15/h4-5H,1-3H2. The average Bonchev–Trinajstić information content (AvgIpc) is 2.16. The van der Waals surface area contributed by atoms with Crippen molar-refractivity contribution in [2.45, 2.75) is 18.5 Å². The van der Waals surface area contributed by atoms with Gasteiger partial charge in [-0.3, -0.25) is 20.2 Å².